The van der Waals surface area contributed by atoms with Crippen molar-refractivity contribution in [1.29, 1.82) is 0 Å². The highest BCUT2D eigenvalue weighted by Gasteiger charge is 2.16. The number of ether oxygens (including phenoxy) is 1. The number of carboxylic acids is 1. The van der Waals surface area contributed by atoms with Crippen molar-refractivity contribution in [3.8, 4) is 17.0 Å². The van der Waals surface area contributed by atoms with Crippen molar-refractivity contribution in [2.24, 2.45) is 0 Å². The number of carbonyl (C=O) groups is 1. The average molecular weight is 274 g/mol. The van der Waals surface area contributed by atoms with Gasteiger partial charge in [0, 0.05) is 18.3 Å². The Balaban J connectivity index is 2.37. The molecular formula is C15H18N2O3. The molecule has 1 heterocycles. The van der Waals surface area contributed by atoms with Crippen molar-refractivity contribution < 1.29 is 14.6 Å². The van der Waals surface area contributed by atoms with E-state index in [1.807, 2.05) is 38.1 Å². The number of nitrogens with zero attached hydrogens (tertiary/aromatic N) is 2. The van der Waals surface area contributed by atoms with E-state index in [2.05, 4.69) is 5.10 Å². The van der Waals surface area contributed by atoms with Crippen LogP contribution in [0.4, 0.5) is 0 Å². The van der Waals surface area contributed by atoms with E-state index in [0.29, 0.717) is 18.8 Å². The largest absolute Gasteiger partial charge is 0.494 e. The Bertz CT molecular complexity index is 588. The van der Waals surface area contributed by atoms with Crippen LogP contribution in [-0.4, -0.2) is 27.5 Å². The first-order valence-electron chi connectivity index (χ1n) is 6.69. The summed E-state index contributed by atoms with van der Waals surface area (Å²) in [5, 5.41) is 13.6. The molecule has 2 aromatic rings. The van der Waals surface area contributed by atoms with E-state index in [0.717, 1.165) is 17.7 Å². The smallest absolute Gasteiger partial charge is 0.339 e. The zero-order valence-corrected chi connectivity index (χ0v) is 11.7. The van der Waals surface area contributed by atoms with Crippen molar-refractivity contribution in [2.75, 3.05) is 6.61 Å². The Labute approximate surface area is 117 Å². The second-order valence-electron chi connectivity index (χ2n) is 4.42. The van der Waals surface area contributed by atoms with Gasteiger partial charge in [0.05, 0.1) is 6.61 Å². The van der Waals surface area contributed by atoms with E-state index in [-0.39, 0.29) is 5.56 Å². The number of hydrogen-bond donors (Lipinski definition) is 1. The first-order valence-corrected chi connectivity index (χ1v) is 6.69. The van der Waals surface area contributed by atoms with Crippen LogP contribution in [0.1, 0.15) is 30.6 Å². The summed E-state index contributed by atoms with van der Waals surface area (Å²) in [5.41, 5.74) is 1.50. The quantitative estimate of drug-likeness (QED) is 0.879. The van der Waals surface area contributed by atoms with E-state index in [9.17, 15) is 9.90 Å². The number of aryl methyl sites for hydroxylation is 1. The summed E-state index contributed by atoms with van der Waals surface area (Å²) in [7, 11) is 0. The maximum absolute atomic E-state index is 11.3. The maximum Gasteiger partial charge on any atom is 0.339 e. The molecule has 0 radical (unpaired) electrons. The summed E-state index contributed by atoms with van der Waals surface area (Å²) in [6.45, 7) is 5.25. The fraction of sp³-hybridized carbons (Fsp3) is 0.333. The van der Waals surface area contributed by atoms with Gasteiger partial charge >= 0.3 is 5.97 Å². The molecule has 0 spiro atoms. The van der Waals surface area contributed by atoms with Crippen molar-refractivity contribution in [3.05, 3.63) is 36.0 Å². The molecule has 1 aromatic heterocycles. The van der Waals surface area contributed by atoms with Gasteiger partial charge in [0.1, 0.15) is 17.0 Å². The summed E-state index contributed by atoms with van der Waals surface area (Å²) >= 11 is 0. The molecule has 0 saturated carbocycles. The molecule has 2 rings (SSSR count). The minimum absolute atomic E-state index is 0.225. The molecule has 0 bridgehead atoms. The molecule has 1 aromatic carbocycles. The zero-order valence-electron chi connectivity index (χ0n) is 11.7. The first-order chi connectivity index (χ1) is 9.65. The van der Waals surface area contributed by atoms with Crippen molar-refractivity contribution >= 4 is 5.97 Å². The second-order valence-corrected chi connectivity index (χ2v) is 4.42. The lowest BCUT2D eigenvalue weighted by Gasteiger charge is -2.04. The standard InChI is InChI=1S/C15H18N2O3/c1-3-9-17-10-13(15(18)19)14(16-17)11-5-7-12(8-6-11)20-4-2/h5-8,10H,3-4,9H2,1-2H3,(H,18,19). The highest BCUT2D eigenvalue weighted by atomic mass is 16.5. The lowest BCUT2D eigenvalue weighted by molar-refractivity contribution is 0.0697. The first kappa shape index (κ1) is 14.1. The zero-order chi connectivity index (χ0) is 14.5. The van der Waals surface area contributed by atoms with Gasteiger partial charge in [-0.1, -0.05) is 6.92 Å². The van der Waals surface area contributed by atoms with E-state index in [1.165, 1.54) is 0 Å². The van der Waals surface area contributed by atoms with Crippen LogP contribution < -0.4 is 4.74 Å². The molecule has 0 amide bonds. The summed E-state index contributed by atoms with van der Waals surface area (Å²) in [6, 6.07) is 7.30. The molecule has 0 aliphatic carbocycles. The molecule has 0 aliphatic heterocycles. The van der Waals surface area contributed by atoms with E-state index in [1.54, 1.807) is 10.9 Å². The second kappa shape index (κ2) is 6.23. The van der Waals surface area contributed by atoms with Gasteiger partial charge in [-0.25, -0.2) is 4.79 Å². The van der Waals surface area contributed by atoms with Crippen LogP contribution in [0.2, 0.25) is 0 Å². The average Bonchev–Trinajstić information content (AvgIpc) is 2.85. The van der Waals surface area contributed by atoms with Crippen LogP contribution in [0.5, 0.6) is 5.75 Å². The summed E-state index contributed by atoms with van der Waals surface area (Å²) in [6.07, 6.45) is 2.49. The van der Waals surface area contributed by atoms with Crippen LogP contribution in [0.3, 0.4) is 0 Å². The van der Waals surface area contributed by atoms with Gasteiger partial charge in [0.2, 0.25) is 0 Å². The molecule has 20 heavy (non-hydrogen) atoms. The fourth-order valence-corrected chi connectivity index (χ4v) is 2.01. The molecule has 0 fully saturated rings. The molecule has 5 nitrogen and oxygen atoms in total. The molecule has 5 heteroatoms. The molecule has 1 N–H and O–H groups in total. The third-order valence-corrected chi connectivity index (χ3v) is 2.88. The fourth-order valence-electron chi connectivity index (χ4n) is 2.01. The SMILES string of the molecule is CCCn1cc(C(=O)O)c(-c2ccc(OCC)cc2)n1. The number of hydrogen-bond acceptors (Lipinski definition) is 3. The Kier molecular flexibility index (Phi) is 4.40. The number of aromatic carboxylic acids is 1. The summed E-state index contributed by atoms with van der Waals surface area (Å²) in [4.78, 5) is 11.3. The minimum atomic E-state index is -0.962. The molecule has 0 atom stereocenters. The molecule has 0 saturated heterocycles. The highest BCUT2D eigenvalue weighted by molar-refractivity contribution is 5.94. The van der Waals surface area contributed by atoms with E-state index < -0.39 is 5.97 Å². The number of aromatic nitrogens is 2. The lowest BCUT2D eigenvalue weighted by atomic mass is 10.1. The Morgan fingerprint density at radius 1 is 1.30 bits per heavy atom. The monoisotopic (exact) mass is 274 g/mol. The van der Waals surface area contributed by atoms with Gasteiger partial charge in [-0.3, -0.25) is 4.68 Å². The normalized spacial score (nSPS) is 10.5. The van der Waals surface area contributed by atoms with Gasteiger partial charge in [-0.05, 0) is 37.6 Å². The lowest BCUT2D eigenvalue weighted by Crippen LogP contribution is -1.97. The van der Waals surface area contributed by atoms with Crippen LogP contribution >= 0.6 is 0 Å². The van der Waals surface area contributed by atoms with Gasteiger partial charge in [0.25, 0.3) is 0 Å². The summed E-state index contributed by atoms with van der Waals surface area (Å²) < 4.78 is 7.05. The molecular weight excluding hydrogens is 256 g/mol. The van der Waals surface area contributed by atoms with Crippen molar-refractivity contribution in [1.82, 2.24) is 9.78 Å². The number of rotatable bonds is 6. The van der Waals surface area contributed by atoms with Crippen molar-refractivity contribution in [2.45, 2.75) is 26.8 Å². The third-order valence-electron chi connectivity index (χ3n) is 2.88. The van der Waals surface area contributed by atoms with Gasteiger partial charge in [-0.2, -0.15) is 5.10 Å². The molecule has 0 aliphatic rings. The van der Waals surface area contributed by atoms with Crippen molar-refractivity contribution in [3.63, 3.8) is 0 Å². The predicted octanol–water partition coefficient (Wildman–Crippen LogP) is 3.06. The van der Waals surface area contributed by atoms with Crippen LogP contribution in [0, 0.1) is 0 Å². The highest BCUT2D eigenvalue weighted by Crippen LogP contribution is 2.24. The van der Waals surface area contributed by atoms with E-state index >= 15 is 0 Å². The number of carboxylic acid groups (broad SMARTS) is 1. The summed E-state index contributed by atoms with van der Waals surface area (Å²) in [5.74, 6) is -0.197. The minimum Gasteiger partial charge on any atom is -0.494 e. The Morgan fingerprint density at radius 3 is 2.55 bits per heavy atom. The van der Waals surface area contributed by atoms with E-state index in [4.69, 9.17) is 4.74 Å². The number of benzene rings is 1. The van der Waals surface area contributed by atoms with Gasteiger partial charge in [-0.15, -0.1) is 0 Å². The predicted molar refractivity (Wildman–Crippen MR) is 76.1 cm³/mol. The topological polar surface area (TPSA) is 64.4 Å². The molecule has 106 valence electrons. The Morgan fingerprint density at radius 2 is 2.00 bits per heavy atom. The van der Waals surface area contributed by atoms with Crippen LogP contribution in [0.15, 0.2) is 30.5 Å². The third kappa shape index (κ3) is 2.99. The Hall–Kier alpha value is -2.30. The van der Waals surface area contributed by atoms with Gasteiger partial charge < -0.3 is 9.84 Å². The van der Waals surface area contributed by atoms with Crippen LogP contribution in [-0.2, 0) is 6.54 Å². The molecule has 0 unspecified atom stereocenters. The maximum atomic E-state index is 11.3. The van der Waals surface area contributed by atoms with Gasteiger partial charge in [0.15, 0.2) is 0 Å². The van der Waals surface area contributed by atoms with Crippen LogP contribution in [0.25, 0.3) is 11.3 Å².